The molecule has 0 spiro atoms. The van der Waals surface area contributed by atoms with E-state index in [9.17, 15) is 18.0 Å². The Morgan fingerprint density at radius 3 is 2.35 bits per heavy atom. The first-order valence-electron chi connectivity index (χ1n) is 6.29. The van der Waals surface area contributed by atoms with Crippen molar-refractivity contribution in [2.24, 2.45) is 0 Å². The summed E-state index contributed by atoms with van der Waals surface area (Å²) in [5, 5.41) is 11.0. The van der Waals surface area contributed by atoms with Gasteiger partial charge in [0.05, 0.1) is 25.0 Å². The SMILES string of the molecule is CCC(NC(=O)CNS(=O)(=O)CCOC(C)C)C(=O)O. The summed E-state index contributed by atoms with van der Waals surface area (Å²) in [6.07, 6.45) is 0.144. The number of rotatable bonds is 10. The highest BCUT2D eigenvalue weighted by molar-refractivity contribution is 7.89. The summed E-state index contributed by atoms with van der Waals surface area (Å²) in [4.78, 5) is 22.1. The molecule has 0 fully saturated rings. The maximum Gasteiger partial charge on any atom is 0.326 e. The van der Waals surface area contributed by atoms with E-state index in [1.54, 1.807) is 20.8 Å². The third-order valence-corrected chi connectivity index (χ3v) is 3.59. The molecule has 20 heavy (non-hydrogen) atoms. The number of hydrogen-bond acceptors (Lipinski definition) is 5. The number of carbonyl (C=O) groups excluding carboxylic acids is 1. The maximum atomic E-state index is 11.5. The minimum Gasteiger partial charge on any atom is -0.480 e. The van der Waals surface area contributed by atoms with Gasteiger partial charge in [0.25, 0.3) is 0 Å². The molecule has 0 saturated carbocycles. The number of nitrogens with one attached hydrogen (secondary N) is 2. The lowest BCUT2D eigenvalue weighted by Gasteiger charge is -2.13. The van der Waals surface area contributed by atoms with E-state index < -0.39 is 34.5 Å². The quantitative estimate of drug-likeness (QED) is 0.491. The van der Waals surface area contributed by atoms with Crippen LogP contribution in [0, 0.1) is 0 Å². The van der Waals surface area contributed by atoms with Gasteiger partial charge >= 0.3 is 5.97 Å². The molecule has 8 nitrogen and oxygen atoms in total. The predicted octanol–water partition coefficient (Wildman–Crippen LogP) is -0.690. The lowest BCUT2D eigenvalue weighted by atomic mass is 10.2. The van der Waals surface area contributed by atoms with Crippen LogP contribution in [-0.4, -0.2) is 56.5 Å². The fourth-order valence-electron chi connectivity index (χ4n) is 1.22. The highest BCUT2D eigenvalue weighted by Crippen LogP contribution is 1.92. The summed E-state index contributed by atoms with van der Waals surface area (Å²) in [5.41, 5.74) is 0. The fraction of sp³-hybridized carbons (Fsp3) is 0.818. The number of amides is 1. The van der Waals surface area contributed by atoms with Gasteiger partial charge in [-0.3, -0.25) is 4.79 Å². The molecule has 118 valence electrons. The summed E-state index contributed by atoms with van der Waals surface area (Å²) >= 11 is 0. The fourth-order valence-corrected chi connectivity index (χ4v) is 2.04. The number of sulfonamides is 1. The van der Waals surface area contributed by atoms with Gasteiger partial charge in [-0.15, -0.1) is 0 Å². The number of hydrogen-bond donors (Lipinski definition) is 3. The predicted molar refractivity (Wildman–Crippen MR) is 72.7 cm³/mol. The van der Waals surface area contributed by atoms with Gasteiger partial charge in [-0.05, 0) is 20.3 Å². The largest absolute Gasteiger partial charge is 0.480 e. The van der Waals surface area contributed by atoms with Crippen molar-refractivity contribution in [1.82, 2.24) is 10.0 Å². The smallest absolute Gasteiger partial charge is 0.326 e. The Morgan fingerprint density at radius 1 is 1.30 bits per heavy atom. The molecule has 0 aromatic carbocycles. The van der Waals surface area contributed by atoms with Crippen LogP contribution in [0.5, 0.6) is 0 Å². The minimum absolute atomic E-state index is 0.0291. The van der Waals surface area contributed by atoms with Crippen LogP contribution in [0.1, 0.15) is 27.2 Å². The molecule has 3 N–H and O–H groups in total. The van der Waals surface area contributed by atoms with E-state index in [4.69, 9.17) is 9.84 Å². The van der Waals surface area contributed by atoms with E-state index in [0.717, 1.165) is 0 Å². The summed E-state index contributed by atoms with van der Waals surface area (Å²) < 4.78 is 30.2. The van der Waals surface area contributed by atoms with Crippen LogP contribution in [0.4, 0.5) is 0 Å². The van der Waals surface area contributed by atoms with Crippen molar-refractivity contribution in [3.05, 3.63) is 0 Å². The Hall–Kier alpha value is -1.19. The van der Waals surface area contributed by atoms with Gasteiger partial charge in [0.1, 0.15) is 6.04 Å². The zero-order valence-electron chi connectivity index (χ0n) is 11.9. The first kappa shape index (κ1) is 18.8. The van der Waals surface area contributed by atoms with Crippen molar-refractivity contribution < 1.29 is 27.9 Å². The molecule has 1 atom stereocenters. The van der Waals surface area contributed by atoms with Crippen LogP contribution in [0.25, 0.3) is 0 Å². The molecule has 0 bridgehead atoms. The number of carboxylic acids is 1. The van der Waals surface area contributed by atoms with Crippen molar-refractivity contribution in [1.29, 1.82) is 0 Å². The normalized spacial score (nSPS) is 13.2. The standard InChI is InChI=1S/C11H22N2O6S/c1-4-9(11(15)16)13-10(14)7-12-20(17,18)6-5-19-8(2)3/h8-9,12H,4-7H2,1-3H3,(H,13,14)(H,15,16). The number of aliphatic carboxylic acids is 1. The first-order valence-corrected chi connectivity index (χ1v) is 7.94. The van der Waals surface area contributed by atoms with Crippen molar-refractivity contribution in [3.63, 3.8) is 0 Å². The van der Waals surface area contributed by atoms with Crippen molar-refractivity contribution in [3.8, 4) is 0 Å². The highest BCUT2D eigenvalue weighted by Gasteiger charge is 2.19. The van der Waals surface area contributed by atoms with E-state index in [-0.39, 0.29) is 24.9 Å². The number of carboxylic acid groups (broad SMARTS) is 1. The van der Waals surface area contributed by atoms with Gasteiger partial charge < -0.3 is 15.2 Å². The van der Waals surface area contributed by atoms with Gasteiger partial charge in [-0.25, -0.2) is 17.9 Å². The lowest BCUT2D eigenvalue weighted by molar-refractivity contribution is -0.141. The second kappa shape index (κ2) is 8.88. The molecule has 0 aliphatic rings. The maximum absolute atomic E-state index is 11.5. The molecule has 9 heteroatoms. The minimum atomic E-state index is -3.62. The second-order valence-electron chi connectivity index (χ2n) is 4.43. The Labute approximate surface area is 118 Å². The van der Waals surface area contributed by atoms with Crippen molar-refractivity contribution in [2.45, 2.75) is 39.3 Å². The molecule has 1 unspecified atom stereocenters. The third-order valence-electron chi connectivity index (χ3n) is 2.30. The lowest BCUT2D eigenvalue weighted by Crippen LogP contribution is -2.45. The number of carbonyl (C=O) groups is 2. The van der Waals surface area contributed by atoms with Crippen LogP contribution < -0.4 is 10.0 Å². The second-order valence-corrected chi connectivity index (χ2v) is 6.35. The Bertz CT molecular complexity index is 421. The van der Waals surface area contributed by atoms with E-state index in [1.807, 2.05) is 0 Å². The van der Waals surface area contributed by atoms with Crippen LogP contribution >= 0.6 is 0 Å². The summed E-state index contributed by atoms with van der Waals surface area (Å²) in [7, 11) is -3.62. The molecule has 0 aliphatic carbocycles. The molecule has 0 heterocycles. The van der Waals surface area contributed by atoms with Crippen molar-refractivity contribution >= 4 is 21.9 Å². The van der Waals surface area contributed by atoms with Gasteiger partial charge in [-0.2, -0.15) is 0 Å². The van der Waals surface area contributed by atoms with Crippen LogP contribution in [-0.2, 0) is 24.3 Å². The molecule has 0 radical (unpaired) electrons. The highest BCUT2D eigenvalue weighted by atomic mass is 32.2. The molecular weight excluding hydrogens is 288 g/mol. The number of ether oxygens (including phenoxy) is 1. The van der Waals surface area contributed by atoms with Gasteiger partial charge in [-0.1, -0.05) is 6.92 Å². The molecule has 1 amide bonds. The van der Waals surface area contributed by atoms with Crippen molar-refractivity contribution in [2.75, 3.05) is 18.9 Å². The summed E-state index contributed by atoms with van der Waals surface area (Å²) in [6.45, 7) is 4.70. The van der Waals surface area contributed by atoms with Crippen LogP contribution in [0.2, 0.25) is 0 Å². The van der Waals surface area contributed by atoms with Gasteiger partial charge in [0.2, 0.25) is 15.9 Å². The molecule has 0 aliphatic heterocycles. The molecule has 0 saturated heterocycles. The zero-order valence-corrected chi connectivity index (χ0v) is 12.7. The van der Waals surface area contributed by atoms with Crippen LogP contribution in [0.15, 0.2) is 0 Å². The van der Waals surface area contributed by atoms with E-state index >= 15 is 0 Å². The Balaban J connectivity index is 4.13. The van der Waals surface area contributed by atoms with E-state index in [1.165, 1.54) is 0 Å². The molecule has 0 rings (SSSR count). The van der Waals surface area contributed by atoms with E-state index in [2.05, 4.69) is 10.0 Å². The van der Waals surface area contributed by atoms with Gasteiger partial charge in [0, 0.05) is 0 Å². The zero-order chi connectivity index (χ0) is 15.8. The molecule has 0 aromatic rings. The Kier molecular flexibility index (Phi) is 8.35. The van der Waals surface area contributed by atoms with E-state index in [0.29, 0.717) is 0 Å². The topological polar surface area (TPSA) is 122 Å². The summed E-state index contributed by atoms with van der Waals surface area (Å²) in [5.74, 6) is -2.10. The summed E-state index contributed by atoms with van der Waals surface area (Å²) in [6, 6.07) is -1.02. The molecule has 0 aromatic heterocycles. The molecular formula is C11H22N2O6S. The Morgan fingerprint density at radius 2 is 1.90 bits per heavy atom. The van der Waals surface area contributed by atoms with Gasteiger partial charge in [0.15, 0.2) is 0 Å². The third kappa shape index (κ3) is 8.83. The monoisotopic (exact) mass is 310 g/mol. The van der Waals surface area contributed by atoms with Crippen LogP contribution in [0.3, 0.4) is 0 Å². The average Bonchev–Trinajstić information content (AvgIpc) is 2.32. The first-order chi connectivity index (χ1) is 9.18. The average molecular weight is 310 g/mol.